The molecule has 0 fully saturated rings. The molecule has 0 saturated carbocycles. The van der Waals surface area contributed by atoms with E-state index in [2.05, 4.69) is 0 Å². The fourth-order valence-electron chi connectivity index (χ4n) is 9.97. The third-order valence-corrected chi connectivity index (χ3v) is 17.3. The monoisotopic (exact) mass is 1350 g/mol. The number of hydrogen-bond donors (Lipinski definition) is 1. The van der Waals surface area contributed by atoms with Crippen LogP contribution in [-0.2, 0) is 103 Å². The Kier molecular flexibility index (Phi) is 23.3. The molecular weight excluding hydrogens is 1280 g/mol. The molecule has 1 amide bonds. The fraction of sp³-hybridized carbons (Fsp3) is 0.333. The first-order chi connectivity index (χ1) is 43.5. The van der Waals surface area contributed by atoms with Crippen LogP contribution >= 0.6 is 15.6 Å². The van der Waals surface area contributed by atoms with Gasteiger partial charge in [-0.2, -0.15) is 39.5 Å². The number of rotatable bonds is 27. The van der Waals surface area contributed by atoms with Crippen molar-refractivity contribution in [1.82, 2.24) is 4.90 Å². The van der Waals surface area contributed by atoms with E-state index in [4.69, 9.17) is 41.4 Å². The van der Waals surface area contributed by atoms with Gasteiger partial charge in [0.2, 0.25) is 0 Å². The fourth-order valence-corrected chi connectivity index (χ4v) is 12.7. The van der Waals surface area contributed by atoms with Crippen molar-refractivity contribution in [3.63, 3.8) is 0 Å². The Hall–Kier alpha value is -7.60. The summed E-state index contributed by atoms with van der Waals surface area (Å²) in [6, 6.07) is 34.6. The van der Waals surface area contributed by atoms with Gasteiger partial charge in [0.1, 0.15) is 17.2 Å². The minimum Gasteiger partial charge on any atom is -0.496 e. The SMILES string of the molecule is COc1cc(F)c(C(C)C)cc1-c1ccc(C(F)(F)F)cc1CN(C(=O)OC(C)(C)C)C(C)(OP(=O)(OCc1ccccc1)OCc1ccccc1)C(OC(=O)O)(c1cc(C(F)(F)F)cc(C(F)(F)F)c1)C(C)COP(=O)(OCc1ccccc1)OCc1ccccc1. The van der Waals surface area contributed by atoms with Crippen LogP contribution in [0.15, 0.2) is 170 Å². The molecule has 0 aliphatic carbocycles. The smallest absolute Gasteiger partial charge is 0.496 e. The van der Waals surface area contributed by atoms with Crippen LogP contribution < -0.4 is 4.74 Å². The molecule has 0 heterocycles. The number of amides is 1. The molecule has 15 nitrogen and oxygen atoms in total. The van der Waals surface area contributed by atoms with E-state index >= 15 is 57.8 Å². The van der Waals surface area contributed by atoms with Crippen molar-refractivity contribution in [3.8, 4) is 16.9 Å². The summed E-state index contributed by atoms with van der Waals surface area (Å²) in [7, 11) is -10.1. The summed E-state index contributed by atoms with van der Waals surface area (Å²) in [5, 5.41) is 11.3. The second-order valence-corrected chi connectivity index (χ2v) is 26.0. The van der Waals surface area contributed by atoms with Gasteiger partial charge in [-0.15, -0.1) is 0 Å². The highest BCUT2D eigenvalue weighted by molar-refractivity contribution is 7.48. The number of alkyl halides is 9. The Balaban J connectivity index is 1.66. The van der Waals surface area contributed by atoms with E-state index in [9.17, 15) is 9.90 Å². The first-order valence-electron chi connectivity index (χ1n) is 28.6. The van der Waals surface area contributed by atoms with Crippen molar-refractivity contribution in [2.75, 3.05) is 13.7 Å². The van der Waals surface area contributed by atoms with Gasteiger partial charge in [-0.25, -0.2) is 23.1 Å². The zero-order valence-electron chi connectivity index (χ0n) is 51.4. The zero-order chi connectivity index (χ0) is 68.4. The van der Waals surface area contributed by atoms with E-state index in [1.165, 1.54) is 75.4 Å². The van der Waals surface area contributed by atoms with Gasteiger partial charge in [-0.05, 0) is 109 Å². The number of hydrogen-bond acceptors (Lipinski definition) is 13. The predicted octanol–water partition coefficient (Wildman–Crippen LogP) is 19.5. The van der Waals surface area contributed by atoms with Crippen molar-refractivity contribution < 1.29 is 109 Å². The molecule has 7 aromatic carbocycles. The maximum absolute atomic E-state index is 16.4. The Morgan fingerprint density at radius 1 is 0.516 bits per heavy atom. The Morgan fingerprint density at radius 2 is 0.935 bits per heavy atom. The summed E-state index contributed by atoms with van der Waals surface area (Å²) in [6.07, 6.45) is -21.2. The van der Waals surface area contributed by atoms with Crippen LogP contribution in [0.3, 0.4) is 0 Å². The number of carboxylic acid groups (broad SMARTS) is 1. The lowest BCUT2D eigenvalue weighted by Crippen LogP contribution is -2.68. The number of phosphoric ester groups is 2. The van der Waals surface area contributed by atoms with Gasteiger partial charge in [0, 0.05) is 23.1 Å². The normalized spacial score (nSPS) is 14.2. The summed E-state index contributed by atoms with van der Waals surface area (Å²) in [6.45, 7) is 2.79. The van der Waals surface area contributed by atoms with Gasteiger partial charge >= 0.3 is 46.4 Å². The first kappa shape index (κ1) is 72.8. The summed E-state index contributed by atoms with van der Waals surface area (Å²) >= 11 is 0. The quantitative estimate of drug-likeness (QED) is 0.0223. The maximum atomic E-state index is 16.4. The van der Waals surface area contributed by atoms with E-state index in [0.29, 0.717) is 30.2 Å². The van der Waals surface area contributed by atoms with Gasteiger partial charge in [-0.1, -0.05) is 148 Å². The van der Waals surface area contributed by atoms with E-state index in [1.54, 1.807) is 86.6 Å². The molecule has 0 radical (unpaired) electrons. The summed E-state index contributed by atoms with van der Waals surface area (Å²) < 4.78 is 240. The number of methoxy groups -OCH3 is 1. The molecule has 7 aromatic rings. The van der Waals surface area contributed by atoms with Gasteiger partial charge in [0.05, 0.1) is 63.4 Å². The zero-order valence-corrected chi connectivity index (χ0v) is 53.2. The Morgan fingerprint density at radius 3 is 1.32 bits per heavy atom. The molecule has 0 aliphatic rings. The van der Waals surface area contributed by atoms with Gasteiger partial charge in [-0.3, -0.25) is 32.0 Å². The molecular formula is C66H67F10NO14P2. The molecule has 93 heavy (non-hydrogen) atoms. The van der Waals surface area contributed by atoms with Crippen LogP contribution in [0.4, 0.5) is 53.5 Å². The standard InChI is InChI=1S/C66H67F10NO14P2/c1-43(2)55-35-56(58(83-8)36-57(55)67)54-30-29-50(64(68,69)70)31-49(54)37-77(59(78)89-61(4,5)6)62(7,91-93(82,87-41-47-25-17-11-18-26-47)88-42-48-27-19-12-20-28-48)63(90-60(79)80,51-32-52(65(71,72)73)34-53(33-51)66(74,75)76)44(3)38-84-92(81,85-39-45-21-13-9-14-22-45)86-40-46-23-15-10-16-24-46/h9-36,43-44H,37-42H2,1-8H3,(H,79,80). The second-order valence-electron chi connectivity index (χ2n) is 22.8. The average molecular weight is 1350 g/mol. The van der Waals surface area contributed by atoms with Crippen molar-refractivity contribution in [2.45, 2.75) is 123 Å². The maximum Gasteiger partial charge on any atom is 0.506 e. The van der Waals surface area contributed by atoms with Crippen molar-refractivity contribution in [2.24, 2.45) is 5.92 Å². The highest BCUT2D eigenvalue weighted by atomic mass is 31.2. The van der Waals surface area contributed by atoms with Crippen LogP contribution in [-0.4, -0.2) is 47.3 Å². The van der Waals surface area contributed by atoms with Crippen LogP contribution in [0.5, 0.6) is 5.75 Å². The lowest BCUT2D eigenvalue weighted by molar-refractivity contribution is -0.245. The van der Waals surface area contributed by atoms with Crippen molar-refractivity contribution >= 4 is 27.9 Å². The van der Waals surface area contributed by atoms with Crippen LogP contribution in [0.1, 0.15) is 110 Å². The number of halogens is 10. The Bertz CT molecular complexity index is 3640. The Labute approximate surface area is 530 Å². The molecule has 1 N–H and O–H groups in total. The molecule has 3 unspecified atom stereocenters. The summed E-state index contributed by atoms with van der Waals surface area (Å²) in [4.78, 5) is 30.2. The van der Waals surface area contributed by atoms with E-state index in [0.717, 1.165) is 26.2 Å². The van der Waals surface area contributed by atoms with Crippen LogP contribution in [0.25, 0.3) is 11.1 Å². The number of carbonyl (C=O) groups excluding carboxylic acids is 1. The number of phosphoric acid groups is 2. The lowest BCUT2D eigenvalue weighted by Gasteiger charge is -2.54. The average Bonchev–Trinajstić information content (AvgIpc) is 0.709. The van der Waals surface area contributed by atoms with E-state index in [-0.39, 0.29) is 56.7 Å². The van der Waals surface area contributed by atoms with E-state index in [1.807, 2.05) is 0 Å². The summed E-state index contributed by atoms with van der Waals surface area (Å²) in [5.74, 6) is -4.19. The van der Waals surface area contributed by atoms with Gasteiger partial charge < -0.3 is 19.3 Å². The number of carbonyl (C=O) groups is 2. The van der Waals surface area contributed by atoms with E-state index < -0.39 is 148 Å². The lowest BCUT2D eigenvalue weighted by atomic mass is 9.73. The molecule has 0 saturated heterocycles. The molecule has 7 rings (SSSR count). The molecule has 3 atom stereocenters. The first-order valence-corrected chi connectivity index (χ1v) is 31.5. The van der Waals surface area contributed by atoms with Crippen LogP contribution in [0, 0.1) is 11.7 Å². The highest BCUT2D eigenvalue weighted by Gasteiger charge is 2.66. The minimum atomic E-state index is -5.95. The molecule has 500 valence electrons. The topological polar surface area (TPSA) is 175 Å². The highest BCUT2D eigenvalue weighted by Crippen LogP contribution is 2.62. The largest absolute Gasteiger partial charge is 0.506 e. The predicted molar refractivity (Wildman–Crippen MR) is 321 cm³/mol. The van der Waals surface area contributed by atoms with Gasteiger partial charge in [0.25, 0.3) is 0 Å². The van der Waals surface area contributed by atoms with Crippen LogP contribution in [0.2, 0.25) is 0 Å². The molecule has 0 spiro atoms. The number of ether oxygens (including phenoxy) is 3. The minimum absolute atomic E-state index is 0.00589. The second kappa shape index (κ2) is 29.8. The number of benzene rings is 7. The molecule has 0 aromatic heterocycles. The molecule has 27 heteroatoms. The third kappa shape index (κ3) is 18.8. The van der Waals surface area contributed by atoms with Gasteiger partial charge in [0.15, 0.2) is 11.3 Å². The van der Waals surface area contributed by atoms with Crippen molar-refractivity contribution in [1.29, 1.82) is 0 Å². The number of nitrogens with zero attached hydrogens (tertiary/aromatic N) is 1. The summed E-state index contributed by atoms with van der Waals surface area (Å²) in [5.41, 5.74) is -17.0. The third-order valence-electron chi connectivity index (χ3n) is 14.5. The molecule has 0 bridgehead atoms. The molecule has 0 aliphatic heterocycles. The van der Waals surface area contributed by atoms with Crippen molar-refractivity contribution in [3.05, 3.63) is 231 Å².